The summed E-state index contributed by atoms with van der Waals surface area (Å²) in [5.41, 5.74) is 6.06. The fraction of sp³-hybridized carbons (Fsp3) is 0.643. The molecule has 0 spiro atoms. The second kappa shape index (κ2) is 7.31. The number of aromatic nitrogens is 1. The smallest absolute Gasteiger partial charge is 0.250 e. The maximum Gasteiger partial charge on any atom is 0.250 e. The van der Waals surface area contributed by atoms with Crippen LogP contribution in [0.2, 0.25) is 0 Å². The lowest BCUT2D eigenvalue weighted by atomic mass is 10.2. The third-order valence-corrected chi connectivity index (χ3v) is 2.46. The Bertz CT molecular complexity index is 435. The first-order valence-electron chi connectivity index (χ1n) is 6.56. The van der Waals surface area contributed by atoms with E-state index in [-0.39, 0.29) is 11.2 Å². The lowest BCUT2D eigenvalue weighted by molar-refractivity contribution is -0.0353. The number of ether oxygens (including phenoxy) is 2. The van der Waals surface area contributed by atoms with E-state index < -0.39 is 0 Å². The van der Waals surface area contributed by atoms with Crippen LogP contribution in [0.4, 0.5) is 5.69 Å². The summed E-state index contributed by atoms with van der Waals surface area (Å²) < 4.78 is 12.6. The summed E-state index contributed by atoms with van der Waals surface area (Å²) >= 11 is 0. The number of hydrogen-bond acceptors (Lipinski definition) is 4. The van der Waals surface area contributed by atoms with Crippen molar-refractivity contribution in [1.29, 1.82) is 0 Å². The first-order chi connectivity index (χ1) is 8.88. The molecular weight excluding hydrogens is 244 g/mol. The lowest BCUT2D eigenvalue weighted by Crippen LogP contribution is -2.22. The SMILES string of the molecule is CC(C)(C)OCCOCCCn1cc(N)ccc1=O. The number of rotatable bonds is 7. The molecule has 2 N–H and O–H groups in total. The van der Waals surface area contributed by atoms with Gasteiger partial charge in [-0.1, -0.05) is 0 Å². The molecule has 0 radical (unpaired) electrons. The Morgan fingerprint density at radius 1 is 1.21 bits per heavy atom. The van der Waals surface area contributed by atoms with E-state index in [0.717, 1.165) is 6.42 Å². The molecule has 108 valence electrons. The van der Waals surface area contributed by atoms with Gasteiger partial charge in [-0.25, -0.2) is 0 Å². The summed E-state index contributed by atoms with van der Waals surface area (Å²) in [5, 5.41) is 0. The number of aryl methyl sites for hydroxylation is 1. The average molecular weight is 268 g/mol. The summed E-state index contributed by atoms with van der Waals surface area (Å²) in [7, 11) is 0. The van der Waals surface area contributed by atoms with Gasteiger partial charge in [0.15, 0.2) is 0 Å². The zero-order chi connectivity index (χ0) is 14.3. The molecule has 19 heavy (non-hydrogen) atoms. The topological polar surface area (TPSA) is 66.5 Å². The largest absolute Gasteiger partial charge is 0.398 e. The van der Waals surface area contributed by atoms with E-state index in [1.54, 1.807) is 16.8 Å². The Labute approximate surface area is 114 Å². The maximum absolute atomic E-state index is 11.5. The van der Waals surface area contributed by atoms with Gasteiger partial charge in [-0.05, 0) is 33.3 Å². The number of hydrogen-bond donors (Lipinski definition) is 1. The van der Waals surface area contributed by atoms with Gasteiger partial charge >= 0.3 is 0 Å². The molecule has 0 saturated heterocycles. The van der Waals surface area contributed by atoms with Crippen LogP contribution < -0.4 is 11.3 Å². The second-order valence-electron chi connectivity index (χ2n) is 5.42. The van der Waals surface area contributed by atoms with Gasteiger partial charge in [0.1, 0.15) is 0 Å². The van der Waals surface area contributed by atoms with Crippen LogP contribution in [-0.4, -0.2) is 30.0 Å². The molecule has 0 aliphatic heterocycles. The first-order valence-corrected chi connectivity index (χ1v) is 6.56. The van der Waals surface area contributed by atoms with Crippen LogP contribution in [0.1, 0.15) is 27.2 Å². The number of nitrogens with two attached hydrogens (primary N) is 1. The van der Waals surface area contributed by atoms with Gasteiger partial charge in [0.05, 0.1) is 18.8 Å². The molecule has 0 amide bonds. The van der Waals surface area contributed by atoms with Crippen LogP contribution in [0.25, 0.3) is 0 Å². The normalized spacial score (nSPS) is 11.7. The predicted octanol–water partition coefficient (Wildman–Crippen LogP) is 1.65. The molecule has 5 heteroatoms. The predicted molar refractivity (Wildman–Crippen MR) is 76.3 cm³/mol. The van der Waals surface area contributed by atoms with Crippen molar-refractivity contribution in [3.8, 4) is 0 Å². The van der Waals surface area contributed by atoms with Crippen molar-refractivity contribution < 1.29 is 9.47 Å². The van der Waals surface area contributed by atoms with Gasteiger partial charge in [0.2, 0.25) is 0 Å². The van der Waals surface area contributed by atoms with Gasteiger partial charge in [0.25, 0.3) is 5.56 Å². The molecular formula is C14H24N2O3. The summed E-state index contributed by atoms with van der Waals surface area (Å²) in [4.78, 5) is 11.5. The Balaban J connectivity index is 2.14. The highest BCUT2D eigenvalue weighted by Crippen LogP contribution is 2.05. The second-order valence-corrected chi connectivity index (χ2v) is 5.42. The fourth-order valence-corrected chi connectivity index (χ4v) is 1.57. The maximum atomic E-state index is 11.5. The molecule has 0 unspecified atom stereocenters. The number of nitrogens with zero attached hydrogens (tertiary/aromatic N) is 1. The Morgan fingerprint density at radius 3 is 2.63 bits per heavy atom. The van der Waals surface area contributed by atoms with Crippen molar-refractivity contribution in [2.24, 2.45) is 0 Å². The highest BCUT2D eigenvalue weighted by atomic mass is 16.5. The minimum absolute atomic E-state index is 0.0368. The van der Waals surface area contributed by atoms with Crippen molar-refractivity contribution in [1.82, 2.24) is 4.57 Å². The average Bonchev–Trinajstić information content (AvgIpc) is 2.31. The molecule has 0 aliphatic rings. The summed E-state index contributed by atoms with van der Waals surface area (Å²) in [6.07, 6.45) is 2.43. The van der Waals surface area contributed by atoms with Crippen molar-refractivity contribution in [2.45, 2.75) is 39.3 Å². The quantitative estimate of drug-likeness (QED) is 0.764. The molecule has 0 atom stereocenters. The van der Waals surface area contributed by atoms with Crippen LogP contribution in [0.5, 0.6) is 0 Å². The van der Waals surface area contributed by atoms with Gasteiger partial charge in [-0.2, -0.15) is 0 Å². The van der Waals surface area contributed by atoms with E-state index in [1.165, 1.54) is 6.07 Å². The van der Waals surface area contributed by atoms with Gasteiger partial charge < -0.3 is 19.8 Å². The summed E-state index contributed by atoms with van der Waals surface area (Å²) in [5.74, 6) is 0. The Kier molecular flexibility index (Phi) is 6.05. The fourth-order valence-electron chi connectivity index (χ4n) is 1.57. The monoisotopic (exact) mass is 268 g/mol. The molecule has 1 aromatic rings. The van der Waals surface area contributed by atoms with Gasteiger partial charge in [0, 0.05) is 31.1 Å². The molecule has 0 saturated carbocycles. The van der Waals surface area contributed by atoms with Gasteiger partial charge in [-0.15, -0.1) is 0 Å². The van der Waals surface area contributed by atoms with Crippen molar-refractivity contribution in [3.05, 3.63) is 28.7 Å². The summed E-state index contributed by atoms with van der Waals surface area (Å²) in [6, 6.07) is 3.09. The molecule has 0 fully saturated rings. The molecule has 1 rings (SSSR count). The Hall–Kier alpha value is -1.33. The summed E-state index contributed by atoms with van der Waals surface area (Å²) in [6.45, 7) is 8.42. The van der Waals surface area contributed by atoms with E-state index in [2.05, 4.69) is 0 Å². The minimum atomic E-state index is -0.127. The highest BCUT2D eigenvalue weighted by Gasteiger charge is 2.08. The minimum Gasteiger partial charge on any atom is -0.398 e. The molecule has 1 aromatic heterocycles. The molecule has 0 aromatic carbocycles. The van der Waals surface area contributed by atoms with Crippen molar-refractivity contribution >= 4 is 5.69 Å². The van der Waals surface area contributed by atoms with Crippen molar-refractivity contribution in [3.63, 3.8) is 0 Å². The van der Waals surface area contributed by atoms with Crippen LogP contribution in [0.15, 0.2) is 23.1 Å². The van der Waals surface area contributed by atoms with E-state index in [1.807, 2.05) is 20.8 Å². The molecule has 1 heterocycles. The van der Waals surface area contributed by atoms with E-state index >= 15 is 0 Å². The van der Waals surface area contributed by atoms with E-state index in [0.29, 0.717) is 32.1 Å². The molecule has 0 bridgehead atoms. The zero-order valence-corrected chi connectivity index (χ0v) is 12.0. The van der Waals surface area contributed by atoms with E-state index in [4.69, 9.17) is 15.2 Å². The van der Waals surface area contributed by atoms with Gasteiger partial charge in [-0.3, -0.25) is 4.79 Å². The highest BCUT2D eigenvalue weighted by molar-refractivity contribution is 5.33. The Morgan fingerprint density at radius 2 is 1.95 bits per heavy atom. The lowest BCUT2D eigenvalue weighted by Gasteiger charge is -2.19. The number of anilines is 1. The third-order valence-electron chi connectivity index (χ3n) is 2.46. The standard InChI is InChI=1S/C14H24N2O3/c1-14(2,3)19-10-9-18-8-4-7-16-11-12(15)5-6-13(16)17/h5-6,11H,4,7-10,15H2,1-3H3. The van der Waals surface area contributed by atoms with Crippen LogP contribution in [-0.2, 0) is 16.0 Å². The van der Waals surface area contributed by atoms with Crippen LogP contribution >= 0.6 is 0 Å². The van der Waals surface area contributed by atoms with Crippen LogP contribution in [0.3, 0.4) is 0 Å². The third kappa shape index (κ3) is 6.98. The number of pyridine rings is 1. The number of nitrogen functional groups attached to an aromatic ring is 1. The van der Waals surface area contributed by atoms with Crippen LogP contribution in [0, 0.1) is 0 Å². The molecule has 5 nitrogen and oxygen atoms in total. The first kappa shape index (κ1) is 15.7. The van der Waals surface area contributed by atoms with E-state index in [9.17, 15) is 4.79 Å². The zero-order valence-electron chi connectivity index (χ0n) is 12.0. The van der Waals surface area contributed by atoms with Crippen molar-refractivity contribution in [2.75, 3.05) is 25.6 Å². The molecule has 0 aliphatic carbocycles.